The Balaban J connectivity index is 2.10. The van der Waals surface area contributed by atoms with E-state index in [9.17, 15) is 9.90 Å². The van der Waals surface area contributed by atoms with Crippen molar-refractivity contribution < 1.29 is 9.90 Å². The van der Waals surface area contributed by atoms with Gasteiger partial charge in [0, 0.05) is 11.6 Å². The van der Waals surface area contributed by atoms with Crippen molar-refractivity contribution in [1.29, 1.82) is 0 Å². The van der Waals surface area contributed by atoms with Gasteiger partial charge in [0.15, 0.2) is 0 Å². The lowest BCUT2D eigenvalue weighted by Gasteiger charge is -2.29. The minimum absolute atomic E-state index is 0.276. The van der Waals surface area contributed by atoms with Crippen LogP contribution in [0.2, 0.25) is 0 Å². The number of hydrogen-bond donors (Lipinski definition) is 1. The Hall–Kier alpha value is -1.87. The fraction of sp³-hybridized carbons (Fsp3) is 0.250. The summed E-state index contributed by atoms with van der Waals surface area (Å²) in [5, 5.41) is 9.82. The highest BCUT2D eigenvalue weighted by Crippen LogP contribution is 2.39. The molecule has 0 saturated heterocycles. The first-order valence-corrected chi connectivity index (χ1v) is 6.99. The third-order valence-electron chi connectivity index (χ3n) is 3.67. The maximum Gasteiger partial charge on any atom is 0.312 e. The van der Waals surface area contributed by atoms with E-state index in [-0.39, 0.29) is 5.92 Å². The molecule has 2 atom stereocenters. The van der Waals surface area contributed by atoms with Crippen LogP contribution in [0.3, 0.4) is 0 Å². The summed E-state index contributed by atoms with van der Waals surface area (Å²) in [4.78, 5) is 16.2. The molecule has 4 heteroatoms. The summed E-state index contributed by atoms with van der Waals surface area (Å²) in [5.41, 5.74) is 2.28. The Kier molecular flexibility index (Phi) is 3.45. The van der Waals surface area contributed by atoms with Crippen molar-refractivity contribution in [3.8, 4) is 0 Å². The number of carbonyl (C=O) groups is 1. The van der Waals surface area contributed by atoms with Gasteiger partial charge in [-0.2, -0.15) is 0 Å². The van der Waals surface area contributed by atoms with Gasteiger partial charge >= 0.3 is 5.97 Å². The summed E-state index contributed by atoms with van der Waals surface area (Å²) in [7, 11) is 0. The smallest absolute Gasteiger partial charge is 0.312 e. The van der Waals surface area contributed by atoms with Gasteiger partial charge in [0.05, 0.1) is 10.7 Å². The van der Waals surface area contributed by atoms with Gasteiger partial charge in [-0.15, -0.1) is 0 Å². The number of aliphatic carboxylic acids is 1. The van der Waals surface area contributed by atoms with Gasteiger partial charge in [0.1, 0.15) is 5.92 Å². The molecule has 0 aromatic rings. The number of carboxylic acids is 1. The van der Waals surface area contributed by atoms with Crippen molar-refractivity contribution >= 4 is 23.3 Å². The normalized spacial score (nSPS) is 28.1. The summed E-state index contributed by atoms with van der Waals surface area (Å²) in [6.45, 7) is 0. The highest BCUT2D eigenvalue weighted by molar-refractivity contribution is 6.33. The number of carboxylic acid groups (broad SMARTS) is 1. The number of fused-ring (bicyclic) bond motifs is 1. The van der Waals surface area contributed by atoms with E-state index in [2.05, 4.69) is 17.1 Å². The second kappa shape index (κ2) is 5.25. The molecule has 20 heavy (non-hydrogen) atoms. The van der Waals surface area contributed by atoms with E-state index in [4.69, 9.17) is 11.6 Å². The highest BCUT2D eigenvalue weighted by Gasteiger charge is 2.38. The Bertz CT molecular complexity index is 635. The summed E-state index contributed by atoms with van der Waals surface area (Å²) in [6.07, 6.45) is 15.4. The second-order valence-electron chi connectivity index (χ2n) is 4.96. The molecule has 0 fully saturated rings. The third kappa shape index (κ3) is 2.18. The van der Waals surface area contributed by atoms with Crippen LogP contribution in [0.1, 0.15) is 12.8 Å². The van der Waals surface area contributed by atoms with Gasteiger partial charge in [-0.1, -0.05) is 48.1 Å². The van der Waals surface area contributed by atoms with Crippen LogP contribution in [0, 0.1) is 11.8 Å². The average Bonchev–Trinajstić information content (AvgIpc) is 2.47. The van der Waals surface area contributed by atoms with Crippen molar-refractivity contribution in [3.63, 3.8) is 0 Å². The number of allylic oxidation sites excluding steroid dienone is 7. The van der Waals surface area contributed by atoms with Crippen molar-refractivity contribution in [2.75, 3.05) is 0 Å². The molecule has 0 saturated carbocycles. The molecule has 1 N–H and O–H groups in total. The lowest BCUT2D eigenvalue weighted by molar-refractivity contribution is -0.140. The van der Waals surface area contributed by atoms with E-state index in [1.165, 1.54) is 0 Å². The molecular weight excluding hydrogens is 274 g/mol. The van der Waals surface area contributed by atoms with Gasteiger partial charge in [-0.25, -0.2) is 0 Å². The lowest BCUT2D eigenvalue weighted by Crippen LogP contribution is -2.32. The van der Waals surface area contributed by atoms with Crippen LogP contribution in [0.4, 0.5) is 0 Å². The summed E-state index contributed by atoms with van der Waals surface area (Å²) in [6, 6.07) is 0. The Morgan fingerprint density at radius 3 is 2.85 bits per heavy atom. The Morgan fingerprint density at radius 1 is 1.30 bits per heavy atom. The first-order valence-electron chi connectivity index (χ1n) is 6.61. The van der Waals surface area contributed by atoms with E-state index in [0.29, 0.717) is 10.7 Å². The molecule has 0 amide bonds. The standard InChI is InChI=1S/C16H14ClNO2/c17-14-13(16(19)20)11-8-4-5-9-12(11)18-15(14)10-6-2-1-3-7-10/h2,4-9,11,13H,1,3H2,(H,19,20). The minimum atomic E-state index is -0.912. The van der Waals surface area contributed by atoms with Crippen molar-refractivity contribution in [2.24, 2.45) is 16.8 Å². The highest BCUT2D eigenvalue weighted by atomic mass is 35.5. The zero-order valence-corrected chi connectivity index (χ0v) is 11.5. The molecule has 3 nitrogen and oxygen atoms in total. The maximum absolute atomic E-state index is 11.6. The topological polar surface area (TPSA) is 49.7 Å². The number of nitrogens with zero attached hydrogens (tertiary/aromatic N) is 1. The number of aliphatic imine (C=N–C) groups is 1. The quantitative estimate of drug-likeness (QED) is 0.843. The first-order chi connectivity index (χ1) is 9.68. The zero-order valence-electron chi connectivity index (χ0n) is 10.8. The molecule has 0 bridgehead atoms. The van der Waals surface area contributed by atoms with Crippen LogP contribution in [0.15, 0.2) is 63.8 Å². The molecule has 3 aliphatic rings. The number of hydrogen-bond acceptors (Lipinski definition) is 2. The van der Waals surface area contributed by atoms with Crippen LogP contribution in [-0.4, -0.2) is 16.8 Å². The monoisotopic (exact) mass is 287 g/mol. The fourth-order valence-corrected chi connectivity index (χ4v) is 3.06. The van der Waals surface area contributed by atoms with E-state index in [1.807, 2.05) is 30.4 Å². The first kappa shape index (κ1) is 13.1. The SMILES string of the molecule is O=C(O)C1C(Cl)=C(C2=CCCC=C2)N=C2C=CC=CC21. The molecule has 0 aromatic heterocycles. The number of rotatable bonds is 2. The lowest BCUT2D eigenvalue weighted by atomic mass is 9.81. The zero-order chi connectivity index (χ0) is 14.1. The van der Waals surface area contributed by atoms with Gasteiger partial charge in [0.2, 0.25) is 0 Å². The third-order valence-corrected chi connectivity index (χ3v) is 4.09. The van der Waals surface area contributed by atoms with Gasteiger partial charge in [-0.05, 0) is 24.5 Å². The van der Waals surface area contributed by atoms with Crippen LogP contribution in [0.5, 0.6) is 0 Å². The molecule has 3 rings (SSSR count). The van der Waals surface area contributed by atoms with E-state index in [1.54, 1.807) is 0 Å². The summed E-state index contributed by atoms with van der Waals surface area (Å²) < 4.78 is 0. The van der Waals surface area contributed by atoms with Crippen molar-refractivity contribution in [2.45, 2.75) is 12.8 Å². The molecule has 0 radical (unpaired) electrons. The molecule has 0 aromatic carbocycles. The predicted octanol–water partition coefficient (Wildman–Crippen LogP) is 3.61. The fourth-order valence-electron chi connectivity index (χ4n) is 2.68. The van der Waals surface area contributed by atoms with Crippen LogP contribution in [-0.2, 0) is 4.79 Å². The van der Waals surface area contributed by atoms with Crippen molar-refractivity contribution in [1.82, 2.24) is 0 Å². The average molecular weight is 288 g/mol. The van der Waals surface area contributed by atoms with Crippen LogP contribution < -0.4 is 0 Å². The van der Waals surface area contributed by atoms with E-state index in [0.717, 1.165) is 24.1 Å². The Labute approximate surface area is 122 Å². The molecule has 2 unspecified atom stereocenters. The number of halogens is 1. The summed E-state index contributed by atoms with van der Waals surface area (Å²) >= 11 is 6.36. The molecular formula is C16H14ClNO2. The predicted molar refractivity (Wildman–Crippen MR) is 79.7 cm³/mol. The van der Waals surface area contributed by atoms with Gasteiger partial charge < -0.3 is 5.11 Å². The maximum atomic E-state index is 11.6. The molecule has 102 valence electrons. The molecule has 1 heterocycles. The molecule has 2 aliphatic carbocycles. The minimum Gasteiger partial charge on any atom is -0.481 e. The molecule has 1 aliphatic heterocycles. The Morgan fingerprint density at radius 2 is 2.15 bits per heavy atom. The van der Waals surface area contributed by atoms with E-state index < -0.39 is 11.9 Å². The largest absolute Gasteiger partial charge is 0.481 e. The van der Waals surface area contributed by atoms with Crippen LogP contribution >= 0.6 is 11.6 Å². The van der Waals surface area contributed by atoms with E-state index >= 15 is 0 Å². The van der Waals surface area contributed by atoms with Crippen molar-refractivity contribution in [3.05, 3.63) is 58.8 Å². The molecule has 0 spiro atoms. The summed E-state index contributed by atoms with van der Waals surface area (Å²) in [5.74, 6) is -1.94. The van der Waals surface area contributed by atoms with Gasteiger partial charge in [-0.3, -0.25) is 9.79 Å². The van der Waals surface area contributed by atoms with Crippen LogP contribution in [0.25, 0.3) is 0 Å². The van der Waals surface area contributed by atoms with Gasteiger partial charge in [0.25, 0.3) is 0 Å². The second-order valence-corrected chi connectivity index (χ2v) is 5.37.